The van der Waals surface area contributed by atoms with E-state index in [0.29, 0.717) is 5.92 Å². The Morgan fingerprint density at radius 3 is 1.83 bits per heavy atom. The molecule has 0 unspecified atom stereocenters. The highest BCUT2D eigenvalue weighted by atomic mass is 16.3. The maximum atomic E-state index is 6.26. The van der Waals surface area contributed by atoms with Gasteiger partial charge in [0, 0.05) is 44.7 Å². The van der Waals surface area contributed by atoms with E-state index in [1.54, 1.807) is 0 Å². The van der Waals surface area contributed by atoms with E-state index in [0.717, 1.165) is 69.6 Å². The zero-order valence-electron chi connectivity index (χ0n) is 29.1. The molecule has 252 valence electrons. The van der Waals surface area contributed by atoms with E-state index in [2.05, 4.69) is 163 Å². The molecule has 0 radical (unpaired) electrons. The molecule has 0 atom stereocenters. The molecule has 11 rings (SSSR count). The number of para-hydroxylation sites is 1. The fourth-order valence-corrected chi connectivity index (χ4v) is 8.76. The summed E-state index contributed by atoms with van der Waals surface area (Å²) < 4.78 is 12.5. The van der Waals surface area contributed by atoms with Gasteiger partial charge < -0.3 is 13.7 Å². The summed E-state index contributed by atoms with van der Waals surface area (Å²) in [6.07, 6.45) is 7.32. The van der Waals surface area contributed by atoms with Crippen LogP contribution >= 0.6 is 0 Å². The minimum atomic E-state index is 0.376. The molecule has 0 aliphatic heterocycles. The monoisotopic (exact) mass is 681 g/mol. The van der Waals surface area contributed by atoms with Crippen molar-refractivity contribution in [3.8, 4) is 22.3 Å². The van der Waals surface area contributed by atoms with Crippen molar-refractivity contribution in [1.29, 1.82) is 0 Å². The van der Waals surface area contributed by atoms with Gasteiger partial charge in [-0.2, -0.15) is 0 Å². The van der Waals surface area contributed by atoms with Gasteiger partial charge in [0.15, 0.2) is 0 Å². The summed E-state index contributed by atoms with van der Waals surface area (Å²) in [5.74, 6) is 1.36. The Bertz CT molecular complexity index is 2820. The van der Waals surface area contributed by atoms with Gasteiger partial charge in [0.25, 0.3) is 0 Å². The number of hydrogen-bond donors (Lipinski definition) is 0. The van der Waals surface area contributed by atoms with Gasteiger partial charge in [0.05, 0.1) is 0 Å². The SMILES string of the molecule is C1=Cc2oc3ccc(N(c4ccc(-c5ccc(CC6c7ccccc7-c7ccccc76)cc5)cc4)c4ccc5oc6ccccc6c5c4)cc3c2CC1. The van der Waals surface area contributed by atoms with Crippen molar-refractivity contribution in [3.05, 3.63) is 192 Å². The molecule has 0 fully saturated rings. The molecule has 3 heteroatoms. The normalized spacial score (nSPS) is 13.4. The highest BCUT2D eigenvalue weighted by Gasteiger charge is 2.28. The fraction of sp³-hybridized carbons (Fsp3) is 0.0800. The molecule has 2 aliphatic carbocycles. The van der Waals surface area contributed by atoms with Crippen molar-refractivity contribution in [3.63, 3.8) is 0 Å². The van der Waals surface area contributed by atoms with Crippen LogP contribution in [0.2, 0.25) is 0 Å². The molecule has 2 aromatic heterocycles. The average Bonchev–Trinajstić information content (AvgIpc) is 3.88. The van der Waals surface area contributed by atoms with Gasteiger partial charge in [0.2, 0.25) is 0 Å². The summed E-state index contributed by atoms with van der Waals surface area (Å²) in [7, 11) is 0. The van der Waals surface area contributed by atoms with E-state index in [-0.39, 0.29) is 0 Å². The predicted molar refractivity (Wildman–Crippen MR) is 218 cm³/mol. The first-order valence-electron chi connectivity index (χ1n) is 18.6. The third-order valence-corrected chi connectivity index (χ3v) is 11.3. The number of hydrogen-bond acceptors (Lipinski definition) is 3. The number of aryl methyl sites for hydroxylation is 1. The summed E-state index contributed by atoms with van der Waals surface area (Å²) in [6.45, 7) is 0. The van der Waals surface area contributed by atoms with Gasteiger partial charge in [-0.3, -0.25) is 0 Å². The van der Waals surface area contributed by atoms with Crippen LogP contribution < -0.4 is 4.90 Å². The van der Waals surface area contributed by atoms with Crippen LogP contribution in [-0.2, 0) is 12.8 Å². The predicted octanol–water partition coefficient (Wildman–Crippen LogP) is 13.8. The zero-order valence-corrected chi connectivity index (χ0v) is 29.1. The molecule has 53 heavy (non-hydrogen) atoms. The number of anilines is 3. The van der Waals surface area contributed by atoms with Gasteiger partial charge in [-0.1, -0.05) is 109 Å². The van der Waals surface area contributed by atoms with Crippen molar-refractivity contribution < 1.29 is 8.83 Å². The van der Waals surface area contributed by atoms with Crippen LogP contribution in [-0.4, -0.2) is 0 Å². The molecule has 9 aromatic rings. The van der Waals surface area contributed by atoms with E-state index < -0.39 is 0 Å². The summed E-state index contributed by atoms with van der Waals surface area (Å²) in [5.41, 5.74) is 16.6. The third-order valence-electron chi connectivity index (χ3n) is 11.3. The third kappa shape index (κ3) is 4.96. The lowest BCUT2D eigenvalue weighted by molar-refractivity contribution is 0.595. The molecule has 0 saturated heterocycles. The molecule has 2 heterocycles. The van der Waals surface area contributed by atoms with Crippen molar-refractivity contribution in [2.45, 2.75) is 25.2 Å². The summed E-state index contributed by atoms with van der Waals surface area (Å²) in [6, 6.07) is 57.3. The summed E-state index contributed by atoms with van der Waals surface area (Å²) >= 11 is 0. The lowest BCUT2D eigenvalue weighted by Crippen LogP contribution is -2.09. The largest absolute Gasteiger partial charge is 0.456 e. The first-order valence-corrected chi connectivity index (χ1v) is 18.6. The Balaban J connectivity index is 0.946. The van der Waals surface area contributed by atoms with Crippen molar-refractivity contribution >= 4 is 56.0 Å². The van der Waals surface area contributed by atoms with Gasteiger partial charge in [0.1, 0.15) is 22.5 Å². The molecule has 0 bridgehead atoms. The number of fused-ring (bicyclic) bond motifs is 9. The average molecular weight is 682 g/mol. The first kappa shape index (κ1) is 30.1. The van der Waals surface area contributed by atoms with Crippen LogP contribution in [0.4, 0.5) is 17.1 Å². The lowest BCUT2D eigenvalue weighted by atomic mass is 9.89. The van der Waals surface area contributed by atoms with Crippen LogP contribution in [0.1, 0.15) is 40.4 Å². The molecule has 0 saturated carbocycles. The molecular formula is C50H35NO2. The zero-order chi connectivity index (χ0) is 34.9. The molecular weight excluding hydrogens is 647 g/mol. The van der Waals surface area contributed by atoms with E-state index in [9.17, 15) is 0 Å². The van der Waals surface area contributed by atoms with Gasteiger partial charge in [-0.25, -0.2) is 0 Å². The van der Waals surface area contributed by atoms with Crippen LogP contribution in [0, 0.1) is 0 Å². The molecule has 0 N–H and O–H groups in total. The second kappa shape index (κ2) is 12.0. The Morgan fingerprint density at radius 1 is 0.509 bits per heavy atom. The number of nitrogens with zero attached hydrogens (tertiary/aromatic N) is 1. The second-order valence-electron chi connectivity index (χ2n) is 14.4. The number of furan rings is 2. The van der Waals surface area contributed by atoms with Crippen molar-refractivity contribution in [2.75, 3.05) is 4.90 Å². The molecule has 7 aromatic carbocycles. The standard InChI is InChI=1S/C50H35NO2/c1-3-11-40-38(9-1)39-10-2-4-12-41(39)44(40)29-32-17-19-33(20-18-32)34-21-23-35(24-22-34)51(36-25-27-49-45(30-36)42-13-5-7-15-47(42)52-49)37-26-28-50-46(31-37)43-14-6-8-16-48(43)53-50/h1-5,7-13,15-28,30-31,44H,6,14,29H2. The smallest absolute Gasteiger partial charge is 0.135 e. The summed E-state index contributed by atoms with van der Waals surface area (Å²) in [5, 5.41) is 3.41. The van der Waals surface area contributed by atoms with Crippen LogP contribution in [0.5, 0.6) is 0 Å². The van der Waals surface area contributed by atoms with Crippen molar-refractivity contribution in [2.24, 2.45) is 0 Å². The Labute approximate surface area is 308 Å². The lowest BCUT2D eigenvalue weighted by Gasteiger charge is -2.26. The van der Waals surface area contributed by atoms with E-state index in [1.165, 1.54) is 49.9 Å². The Hall–Kier alpha value is -6.58. The Kier molecular flexibility index (Phi) is 6.81. The Morgan fingerprint density at radius 2 is 1.09 bits per heavy atom. The van der Waals surface area contributed by atoms with Crippen LogP contribution in [0.3, 0.4) is 0 Å². The summed E-state index contributed by atoms with van der Waals surface area (Å²) in [4.78, 5) is 2.35. The minimum Gasteiger partial charge on any atom is -0.456 e. The second-order valence-corrected chi connectivity index (χ2v) is 14.4. The van der Waals surface area contributed by atoms with Crippen molar-refractivity contribution in [1.82, 2.24) is 0 Å². The molecule has 3 nitrogen and oxygen atoms in total. The molecule has 0 amide bonds. The maximum absolute atomic E-state index is 6.26. The number of allylic oxidation sites excluding steroid dienone is 1. The quantitative estimate of drug-likeness (QED) is 0.175. The van der Waals surface area contributed by atoms with Gasteiger partial charge in [-0.05, 0) is 119 Å². The topological polar surface area (TPSA) is 29.5 Å². The van der Waals surface area contributed by atoms with Crippen LogP contribution in [0.15, 0.2) is 173 Å². The highest BCUT2D eigenvalue weighted by Crippen LogP contribution is 2.46. The van der Waals surface area contributed by atoms with Crippen LogP contribution in [0.25, 0.3) is 61.2 Å². The van der Waals surface area contributed by atoms with Gasteiger partial charge >= 0.3 is 0 Å². The minimum absolute atomic E-state index is 0.376. The van der Waals surface area contributed by atoms with Gasteiger partial charge in [-0.15, -0.1) is 0 Å². The van der Waals surface area contributed by atoms with E-state index >= 15 is 0 Å². The van der Waals surface area contributed by atoms with E-state index in [1.807, 2.05) is 12.1 Å². The number of benzene rings is 7. The molecule has 0 spiro atoms. The fourth-order valence-electron chi connectivity index (χ4n) is 8.76. The first-order chi connectivity index (χ1) is 26.2. The van der Waals surface area contributed by atoms with E-state index in [4.69, 9.17) is 8.83 Å². The number of rotatable bonds is 6. The molecule has 2 aliphatic rings. The highest BCUT2D eigenvalue weighted by molar-refractivity contribution is 6.06. The maximum Gasteiger partial charge on any atom is 0.135 e.